The highest BCUT2D eigenvalue weighted by Gasteiger charge is 2.17. The Kier molecular flexibility index (Phi) is 2.46. The average molecular weight is 184 g/mol. The number of nitrogens with one attached hydrogen (secondary N) is 1. The highest BCUT2D eigenvalue weighted by atomic mass is 19.1. The second-order valence-electron chi connectivity index (χ2n) is 2.65. The maximum atomic E-state index is 13.2. The van der Waals surface area contributed by atoms with Crippen LogP contribution in [0, 0.1) is 22.9 Å². The predicted octanol–water partition coefficient (Wildman–Crippen LogP) is 2.08. The third-order valence-corrected chi connectivity index (χ3v) is 1.66. The van der Waals surface area contributed by atoms with E-state index >= 15 is 0 Å². The normalized spacial score (nSPS) is 9.77. The first-order valence-electron chi connectivity index (χ1n) is 3.68. The molecule has 1 N–H and O–H groups in total. The van der Waals surface area contributed by atoms with Crippen molar-refractivity contribution in [1.29, 1.82) is 0 Å². The van der Waals surface area contributed by atoms with Gasteiger partial charge in [0, 0.05) is 13.1 Å². The van der Waals surface area contributed by atoms with Gasteiger partial charge in [-0.25, -0.2) is 0 Å². The van der Waals surface area contributed by atoms with Gasteiger partial charge in [-0.15, -0.1) is 0 Å². The van der Waals surface area contributed by atoms with Gasteiger partial charge in [0.15, 0.2) is 0 Å². The topological polar surface area (TPSA) is 55.2 Å². The molecule has 0 spiro atoms. The Bertz CT molecular complexity index is 352. The Labute approximate surface area is 74.5 Å². The minimum atomic E-state index is -0.821. The van der Waals surface area contributed by atoms with E-state index in [1.54, 1.807) is 6.92 Å². The highest BCUT2D eigenvalue weighted by Crippen LogP contribution is 2.25. The van der Waals surface area contributed by atoms with Gasteiger partial charge in [0.25, 0.3) is 0 Å². The van der Waals surface area contributed by atoms with E-state index in [0.29, 0.717) is 5.56 Å². The van der Waals surface area contributed by atoms with Crippen LogP contribution in [0.15, 0.2) is 12.1 Å². The number of hydrogen-bond acceptors (Lipinski definition) is 3. The monoisotopic (exact) mass is 184 g/mol. The second-order valence-corrected chi connectivity index (χ2v) is 2.65. The molecule has 0 aliphatic carbocycles. The van der Waals surface area contributed by atoms with Crippen molar-refractivity contribution in [2.24, 2.45) is 0 Å². The maximum Gasteiger partial charge on any atom is 0.307 e. The molecule has 0 unspecified atom stereocenters. The fourth-order valence-electron chi connectivity index (χ4n) is 1.06. The van der Waals surface area contributed by atoms with E-state index in [9.17, 15) is 14.5 Å². The lowest BCUT2D eigenvalue weighted by Gasteiger charge is -2.03. The first-order valence-corrected chi connectivity index (χ1v) is 3.68. The molecule has 0 aliphatic heterocycles. The van der Waals surface area contributed by atoms with Crippen molar-refractivity contribution in [3.8, 4) is 0 Å². The van der Waals surface area contributed by atoms with E-state index in [0.717, 1.165) is 0 Å². The van der Waals surface area contributed by atoms with Crippen molar-refractivity contribution in [2.75, 3.05) is 12.4 Å². The third-order valence-electron chi connectivity index (χ3n) is 1.66. The largest absolute Gasteiger partial charge is 0.386 e. The van der Waals surface area contributed by atoms with Gasteiger partial charge in [0.1, 0.15) is 0 Å². The van der Waals surface area contributed by atoms with Crippen molar-refractivity contribution in [3.63, 3.8) is 0 Å². The van der Waals surface area contributed by atoms with Crippen molar-refractivity contribution < 1.29 is 9.31 Å². The SMILES string of the molecule is CNc1cc(C)cc([N+](=O)[O-])c1F. The van der Waals surface area contributed by atoms with Gasteiger partial charge in [-0.2, -0.15) is 4.39 Å². The van der Waals surface area contributed by atoms with Crippen LogP contribution < -0.4 is 5.32 Å². The molecule has 4 nitrogen and oxygen atoms in total. The predicted molar refractivity (Wildman–Crippen MR) is 47.3 cm³/mol. The molecule has 0 saturated heterocycles. The van der Waals surface area contributed by atoms with E-state index in [-0.39, 0.29) is 5.69 Å². The van der Waals surface area contributed by atoms with Crippen LogP contribution in [-0.2, 0) is 0 Å². The minimum absolute atomic E-state index is 0.145. The summed E-state index contributed by atoms with van der Waals surface area (Å²) < 4.78 is 13.2. The molecule has 0 radical (unpaired) electrons. The average Bonchev–Trinajstić information content (AvgIpc) is 2.08. The summed E-state index contributed by atoms with van der Waals surface area (Å²) in [5, 5.41) is 12.9. The van der Waals surface area contributed by atoms with Gasteiger partial charge in [0.05, 0.1) is 10.6 Å². The number of anilines is 1. The fourth-order valence-corrected chi connectivity index (χ4v) is 1.06. The molecule has 0 aromatic heterocycles. The smallest absolute Gasteiger partial charge is 0.307 e. The summed E-state index contributed by atoms with van der Waals surface area (Å²) in [6, 6.07) is 2.72. The van der Waals surface area contributed by atoms with Crippen LogP contribution in [-0.4, -0.2) is 12.0 Å². The number of halogens is 1. The molecule has 1 aromatic carbocycles. The molecule has 0 heterocycles. The van der Waals surface area contributed by atoms with E-state index < -0.39 is 16.4 Å². The van der Waals surface area contributed by atoms with Gasteiger partial charge in [-0.05, 0) is 18.6 Å². The van der Waals surface area contributed by atoms with E-state index in [2.05, 4.69) is 5.32 Å². The molecular weight excluding hydrogens is 175 g/mol. The number of rotatable bonds is 2. The number of nitrogens with zero attached hydrogens (tertiary/aromatic N) is 1. The summed E-state index contributed by atoms with van der Waals surface area (Å²) in [5.74, 6) is -0.821. The Hall–Kier alpha value is -1.65. The molecule has 0 aliphatic rings. The number of nitro benzene ring substituents is 1. The highest BCUT2D eigenvalue weighted by molar-refractivity contribution is 5.55. The maximum absolute atomic E-state index is 13.2. The zero-order chi connectivity index (χ0) is 10.0. The summed E-state index contributed by atoms with van der Waals surface area (Å²) in [6.45, 7) is 1.67. The lowest BCUT2D eigenvalue weighted by molar-refractivity contribution is -0.387. The van der Waals surface area contributed by atoms with Crippen LogP contribution in [0.4, 0.5) is 15.8 Å². The molecule has 0 amide bonds. The fraction of sp³-hybridized carbons (Fsp3) is 0.250. The Morgan fingerprint density at radius 3 is 2.62 bits per heavy atom. The summed E-state index contributed by atoms with van der Waals surface area (Å²) in [6.07, 6.45) is 0. The van der Waals surface area contributed by atoms with Gasteiger partial charge >= 0.3 is 5.69 Å². The Morgan fingerprint density at radius 2 is 2.15 bits per heavy atom. The number of hydrogen-bond donors (Lipinski definition) is 1. The van der Waals surface area contributed by atoms with Gasteiger partial charge in [-0.1, -0.05) is 0 Å². The molecular formula is C8H9FN2O2. The molecule has 70 valence electrons. The summed E-state index contributed by atoms with van der Waals surface area (Å²) in [5.41, 5.74) is 0.300. The lowest BCUT2D eigenvalue weighted by atomic mass is 10.2. The first-order chi connectivity index (χ1) is 6.06. The van der Waals surface area contributed by atoms with Crippen molar-refractivity contribution in [1.82, 2.24) is 0 Å². The van der Waals surface area contributed by atoms with Crippen molar-refractivity contribution in [3.05, 3.63) is 33.6 Å². The number of aryl methyl sites for hydroxylation is 1. The zero-order valence-corrected chi connectivity index (χ0v) is 7.30. The standard InChI is InChI=1S/C8H9FN2O2/c1-5-3-6(10-2)8(9)7(4-5)11(12)13/h3-4,10H,1-2H3. The third kappa shape index (κ3) is 1.74. The molecule has 1 rings (SSSR count). The zero-order valence-electron chi connectivity index (χ0n) is 7.30. The minimum Gasteiger partial charge on any atom is -0.386 e. The summed E-state index contributed by atoms with van der Waals surface area (Å²) in [4.78, 5) is 9.65. The molecule has 0 atom stereocenters. The van der Waals surface area contributed by atoms with Crippen molar-refractivity contribution in [2.45, 2.75) is 6.92 Å². The van der Waals surface area contributed by atoms with Crippen LogP contribution in [0.25, 0.3) is 0 Å². The Balaban J connectivity index is 3.35. The second kappa shape index (κ2) is 3.38. The van der Waals surface area contributed by atoms with Gasteiger partial charge < -0.3 is 5.32 Å². The lowest BCUT2D eigenvalue weighted by Crippen LogP contribution is -1.99. The van der Waals surface area contributed by atoms with Crippen LogP contribution in [0.5, 0.6) is 0 Å². The quantitative estimate of drug-likeness (QED) is 0.565. The number of nitro groups is 1. The molecule has 1 aromatic rings. The summed E-state index contributed by atoms with van der Waals surface area (Å²) in [7, 11) is 1.52. The molecule has 0 saturated carbocycles. The first kappa shape index (κ1) is 9.44. The molecule has 13 heavy (non-hydrogen) atoms. The van der Waals surface area contributed by atoms with Gasteiger partial charge in [0.2, 0.25) is 5.82 Å². The molecule has 0 fully saturated rings. The summed E-state index contributed by atoms with van der Waals surface area (Å²) >= 11 is 0. The van der Waals surface area contributed by atoms with E-state index in [4.69, 9.17) is 0 Å². The van der Waals surface area contributed by atoms with Crippen molar-refractivity contribution >= 4 is 11.4 Å². The van der Waals surface area contributed by atoms with Crippen LogP contribution >= 0.6 is 0 Å². The van der Waals surface area contributed by atoms with Crippen LogP contribution in [0.3, 0.4) is 0 Å². The van der Waals surface area contributed by atoms with E-state index in [1.807, 2.05) is 0 Å². The van der Waals surface area contributed by atoms with Gasteiger partial charge in [-0.3, -0.25) is 10.1 Å². The number of benzene rings is 1. The van der Waals surface area contributed by atoms with Crippen LogP contribution in [0.1, 0.15) is 5.56 Å². The Morgan fingerprint density at radius 1 is 1.54 bits per heavy atom. The van der Waals surface area contributed by atoms with Crippen LogP contribution in [0.2, 0.25) is 0 Å². The molecule has 0 bridgehead atoms. The molecule has 5 heteroatoms. The van der Waals surface area contributed by atoms with E-state index in [1.165, 1.54) is 19.2 Å².